The topological polar surface area (TPSA) is 119 Å². The van der Waals surface area contributed by atoms with Crippen LogP contribution in [-0.4, -0.2) is 38.0 Å². The lowest BCUT2D eigenvalue weighted by atomic mass is 10.2. The molecule has 1 unspecified atom stereocenters. The minimum absolute atomic E-state index is 0.0995. The lowest BCUT2D eigenvalue weighted by molar-refractivity contribution is -0.117. The van der Waals surface area contributed by atoms with Gasteiger partial charge in [-0.1, -0.05) is 18.2 Å². The third kappa shape index (κ3) is 5.25. The molecule has 0 fully saturated rings. The number of amides is 3. The Morgan fingerprint density at radius 1 is 0.844 bits per heavy atom. The van der Waals surface area contributed by atoms with E-state index in [1.165, 1.54) is 39.5 Å². The van der Waals surface area contributed by atoms with Crippen molar-refractivity contribution in [3.63, 3.8) is 0 Å². The van der Waals surface area contributed by atoms with Gasteiger partial charge in [-0.15, -0.1) is 0 Å². The highest BCUT2D eigenvalue weighted by Gasteiger charge is 2.21. The number of rotatable bonds is 8. The molecule has 0 aliphatic carbocycles. The molecule has 1 aromatic heterocycles. The van der Waals surface area contributed by atoms with Crippen LogP contribution in [0.1, 0.15) is 27.8 Å². The van der Waals surface area contributed by atoms with E-state index in [4.69, 9.17) is 13.9 Å². The Balaban J connectivity index is 1.75. The summed E-state index contributed by atoms with van der Waals surface area (Å²) in [6, 6.07) is 14.0. The number of carbonyl (C=O) groups excluding carboxylic acids is 3. The van der Waals surface area contributed by atoms with Crippen LogP contribution in [0, 0.1) is 0 Å². The van der Waals surface area contributed by atoms with E-state index < -0.39 is 17.9 Å². The fraction of sp³-hybridized carbons (Fsp3) is 0.174. The summed E-state index contributed by atoms with van der Waals surface area (Å²) in [7, 11) is 2.88. The highest BCUT2D eigenvalue weighted by Crippen LogP contribution is 2.36. The molecule has 3 aromatic rings. The molecule has 1 atom stereocenters. The first-order chi connectivity index (χ1) is 15.4. The fourth-order valence-corrected chi connectivity index (χ4v) is 2.86. The van der Waals surface area contributed by atoms with E-state index in [0.717, 1.165) is 0 Å². The third-order valence-corrected chi connectivity index (χ3v) is 4.55. The molecule has 0 radical (unpaired) electrons. The van der Waals surface area contributed by atoms with Gasteiger partial charge in [0.2, 0.25) is 5.91 Å². The van der Waals surface area contributed by atoms with Gasteiger partial charge in [-0.05, 0) is 31.2 Å². The third-order valence-electron chi connectivity index (χ3n) is 4.55. The minimum atomic E-state index is -0.860. The normalized spacial score (nSPS) is 11.2. The van der Waals surface area contributed by atoms with Crippen LogP contribution >= 0.6 is 0 Å². The van der Waals surface area contributed by atoms with Crippen LogP contribution in [0.4, 0.5) is 11.4 Å². The van der Waals surface area contributed by atoms with Crippen LogP contribution in [-0.2, 0) is 4.79 Å². The smallest absolute Gasteiger partial charge is 0.287 e. The number of hydrogen-bond acceptors (Lipinski definition) is 6. The number of furan rings is 1. The van der Waals surface area contributed by atoms with Gasteiger partial charge in [0.05, 0.1) is 31.9 Å². The summed E-state index contributed by atoms with van der Waals surface area (Å²) >= 11 is 0. The standard InChI is InChI=1S/C23H23N3O6/c1-14(24-23(29)18-10-7-11-32-18)21(27)25-16-12-20(31-3)17(13-19(16)30-2)26-22(28)15-8-5-4-6-9-15/h4-14H,1-3H3,(H,24,29)(H,25,27)(H,26,28). The molecule has 3 amide bonds. The summed E-state index contributed by atoms with van der Waals surface area (Å²) in [5.41, 5.74) is 1.16. The summed E-state index contributed by atoms with van der Waals surface area (Å²) in [4.78, 5) is 37.2. The van der Waals surface area contributed by atoms with Crippen molar-refractivity contribution in [2.75, 3.05) is 24.9 Å². The monoisotopic (exact) mass is 437 g/mol. The van der Waals surface area contributed by atoms with Gasteiger partial charge in [0.1, 0.15) is 17.5 Å². The zero-order chi connectivity index (χ0) is 23.1. The van der Waals surface area contributed by atoms with Crippen molar-refractivity contribution in [2.24, 2.45) is 0 Å². The lowest BCUT2D eigenvalue weighted by Gasteiger charge is -2.18. The van der Waals surface area contributed by atoms with Crippen LogP contribution in [0.25, 0.3) is 0 Å². The maximum Gasteiger partial charge on any atom is 0.287 e. The number of benzene rings is 2. The number of nitrogens with one attached hydrogen (secondary N) is 3. The quantitative estimate of drug-likeness (QED) is 0.498. The van der Waals surface area contributed by atoms with Gasteiger partial charge < -0.3 is 29.8 Å². The van der Waals surface area contributed by atoms with Crippen LogP contribution in [0.2, 0.25) is 0 Å². The minimum Gasteiger partial charge on any atom is -0.494 e. The number of anilines is 2. The van der Waals surface area contributed by atoms with Crippen LogP contribution in [0.5, 0.6) is 11.5 Å². The van der Waals surface area contributed by atoms with Crippen molar-refractivity contribution in [3.8, 4) is 11.5 Å². The van der Waals surface area contributed by atoms with Crippen molar-refractivity contribution in [2.45, 2.75) is 13.0 Å². The molecule has 166 valence electrons. The average Bonchev–Trinajstić information content (AvgIpc) is 3.35. The van der Waals surface area contributed by atoms with Crippen molar-refractivity contribution in [3.05, 3.63) is 72.2 Å². The Hall–Kier alpha value is -4.27. The number of ether oxygens (including phenoxy) is 2. The van der Waals surface area contributed by atoms with Crippen LogP contribution in [0.15, 0.2) is 65.3 Å². The van der Waals surface area contributed by atoms with E-state index in [1.54, 1.807) is 36.4 Å². The molecular formula is C23H23N3O6. The van der Waals surface area contributed by atoms with Gasteiger partial charge in [0.15, 0.2) is 5.76 Å². The lowest BCUT2D eigenvalue weighted by Crippen LogP contribution is -2.41. The largest absolute Gasteiger partial charge is 0.494 e. The van der Waals surface area contributed by atoms with Gasteiger partial charge in [-0.25, -0.2) is 0 Å². The SMILES string of the molecule is COc1cc(NC(=O)C(C)NC(=O)c2ccco2)c(OC)cc1NC(=O)c1ccccc1. The molecule has 9 nitrogen and oxygen atoms in total. The molecule has 3 N–H and O–H groups in total. The van der Waals surface area contributed by atoms with E-state index in [9.17, 15) is 14.4 Å². The van der Waals surface area contributed by atoms with Crippen molar-refractivity contribution >= 4 is 29.1 Å². The van der Waals surface area contributed by atoms with E-state index >= 15 is 0 Å². The number of hydrogen-bond donors (Lipinski definition) is 3. The average molecular weight is 437 g/mol. The van der Waals surface area contributed by atoms with Crippen LogP contribution in [0.3, 0.4) is 0 Å². The molecular weight excluding hydrogens is 414 g/mol. The van der Waals surface area contributed by atoms with Gasteiger partial charge in [0, 0.05) is 17.7 Å². The summed E-state index contributed by atoms with van der Waals surface area (Å²) in [5, 5.41) is 8.02. The zero-order valence-electron chi connectivity index (χ0n) is 17.8. The first-order valence-electron chi connectivity index (χ1n) is 9.70. The molecule has 3 rings (SSSR count). The van der Waals surface area contributed by atoms with Crippen molar-refractivity contribution in [1.29, 1.82) is 0 Å². The zero-order valence-corrected chi connectivity index (χ0v) is 17.8. The van der Waals surface area contributed by atoms with E-state index in [1.807, 2.05) is 6.07 Å². The molecule has 32 heavy (non-hydrogen) atoms. The van der Waals surface area contributed by atoms with Crippen molar-refractivity contribution < 1.29 is 28.3 Å². The Morgan fingerprint density at radius 3 is 2.03 bits per heavy atom. The van der Waals surface area contributed by atoms with E-state index in [0.29, 0.717) is 28.4 Å². The Labute approximate surface area is 184 Å². The maximum absolute atomic E-state index is 12.6. The molecule has 0 aliphatic heterocycles. The van der Waals surface area contributed by atoms with Gasteiger partial charge in [-0.3, -0.25) is 14.4 Å². The summed E-state index contributed by atoms with van der Waals surface area (Å²) in [5.74, 6) is -0.600. The van der Waals surface area contributed by atoms with Crippen LogP contribution < -0.4 is 25.4 Å². The van der Waals surface area contributed by atoms with Crippen molar-refractivity contribution in [1.82, 2.24) is 5.32 Å². The summed E-state index contributed by atoms with van der Waals surface area (Å²) in [6.07, 6.45) is 1.37. The molecule has 0 saturated carbocycles. The summed E-state index contributed by atoms with van der Waals surface area (Å²) < 4.78 is 15.8. The summed E-state index contributed by atoms with van der Waals surface area (Å²) in [6.45, 7) is 1.54. The van der Waals surface area contributed by atoms with Gasteiger partial charge in [0.25, 0.3) is 11.8 Å². The molecule has 2 aromatic carbocycles. The second kappa shape index (κ2) is 10.2. The Morgan fingerprint density at radius 2 is 1.47 bits per heavy atom. The predicted octanol–water partition coefficient (Wildman–Crippen LogP) is 3.31. The molecule has 1 heterocycles. The van der Waals surface area contributed by atoms with Gasteiger partial charge >= 0.3 is 0 Å². The first kappa shape index (κ1) is 22.4. The predicted molar refractivity (Wildman–Crippen MR) is 118 cm³/mol. The maximum atomic E-state index is 12.6. The van der Waals surface area contributed by atoms with E-state index in [-0.39, 0.29) is 11.7 Å². The molecule has 0 spiro atoms. The highest BCUT2D eigenvalue weighted by molar-refractivity contribution is 6.06. The van der Waals surface area contributed by atoms with Gasteiger partial charge in [-0.2, -0.15) is 0 Å². The van der Waals surface area contributed by atoms with E-state index in [2.05, 4.69) is 16.0 Å². The molecule has 9 heteroatoms. The Bertz CT molecular complexity index is 1100. The number of methoxy groups -OCH3 is 2. The molecule has 0 saturated heterocycles. The number of carbonyl (C=O) groups is 3. The molecule has 0 aliphatic rings. The first-order valence-corrected chi connectivity index (χ1v) is 9.70. The Kier molecular flexibility index (Phi) is 7.12. The molecule has 0 bridgehead atoms. The highest BCUT2D eigenvalue weighted by atomic mass is 16.5. The fourth-order valence-electron chi connectivity index (χ4n) is 2.86. The second-order valence-corrected chi connectivity index (χ2v) is 6.73. The second-order valence-electron chi connectivity index (χ2n) is 6.73.